The number of carbonyl (C=O) groups is 2. The van der Waals surface area contributed by atoms with Crippen molar-refractivity contribution < 1.29 is 14.7 Å². The molecule has 1 fully saturated rings. The third-order valence-electron chi connectivity index (χ3n) is 8.75. The summed E-state index contributed by atoms with van der Waals surface area (Å²) in [5.41, 5.74) is 0.633. The van der Waals surface area contributed by atoms with Gasteiger partial charge in [-0.1, -0.05) is 55.5 Å². The van der Waals surface area contributed by atoms with E-state index in [0.717, 1.165) is 10.1 Å². The third kappa shape index (κ3) is 3.37. The zero-order chi connectivity index (χ0) is 27.6. The van der Waals surface area contributed by atoms with E-state index in [9.17, 15) is 24.3 Å². The van der Waals surface area contributed by atoms with Gasteiger partial charge in [0.05, 0.1) is 23.7 Å². The summed E-state index contributed by atoms with van der Waals surface area (Å²) in [6.45, 7) is 7.36. The van der Waals surface area contributed by atoms with Crippen molar-refractivity contribution in [2.45, 2.75) is 45.2 Å². The van der Waals surface area contributed by atoms with E-state index in [1.54, 1.807) is 56.3 Å². The summed E-state index contributed by atoms with van der Waals surface area (Å²) in [5, 5.41) is 11.4. The number of benzene rings is 2. The number of para-hydroxylation sites is 2. The number of aromatic nitrogens is 3. The molecule has 0 bridgehead atoms. The molecule has 0 saturated heterocycles. The van der Waals surface area contributed by atoms with Gasteiger partial charge >= 0.3 is 11.4 Å². The number of hydrogen-bond donors (Lipinski definition) is 1. The van der Waals surface area contributed by atoms with E-state index in [1.807, 2.05) is 18.2 Å². The van der Waals surface area contributed by atoms with Crippen LogP contribution >= 0.6 is 0 Å². The average molecular weight is 524 g/mol. The fourth-order valence-corrected chi connectivity index (χ4v) is 6.96. The second-order valence-corrected chi connectivity index (χ2v) is 10.8. The summed E-state index contributed by atoms with van der Waals surface area (Å²) in [6.07, 6.45) is 5.60. The van der Waals surface area contributed by atoms with Gasteiger partial charge in [-0.2, -0.15) is 0 Å². The van der Waals surface area contributed by atoms with Crippen molar-refractivity contribution in [1.29, 1.82) is 0 Å². The number of fused-ring (bicyclic) bond motifs is 4. The molecule has 39 heavy (non-hydrogen) atoms. The first-order valence-corrected chi connectivity index (χ1v) is 13.1. The predicted molar refractivity (Wildman–Crippen MR) is 146 cm³/mol. The van der Waals surface area contributed by atoms with Crippen LogP contribution in [0.1, 0.15) is 43.4 Å². The van der Waals surface area contributed by atoms with Crippen LogP contribution in [-0.4, -0.2) is 30.6 Å². The van der Waals surface area contributed by atoms with Gasteiger partial charge in [0, 0.05) is 17.4 Å². The summed E-state index contributed by atoms with van der Waals surface area (Å²) >= 11 is 0. The van der Waals surface area contributed by atoms with Crippen LogP contribution in [0, 0.1) is 11.3 Å². The molecule has 6 rings (SSSR count). The highest BCUT2D eigenvalue weighted by atomic mass is 16.3. The molecule has 0 spiro atoms. The Morgan fingerprint density at radius 1 is 1.05 bits per heavy atom. The summed E-state index contributed by atoms with van der Waals surface area (Å²) in [5.74, 6) is -1.70. The van der Waals surface area contributed by atoms with Crippen LogP contribution in [0.2, 0.25) is 0 Å². The lowest BCUT2D eigenvalue weighted by Crippen LogP contribution is -2.54. The van der Waals surface area contributed by atoms with Gasteiger partial charge in [0.1, 0.15) is 5.75 Å². The number of rotatable bonds is 4. The molecule has 1 N–H and O–H groups in total. The van der Waals surface area contributed by atoms with Crippen LogP contribution in [0.15, 0.2) is 94.1 Å². The number of carbonyl (C=O) groups excluding carboxylic acids is 2. The predicted octanol–water partition coefficient (Wildman–Crippen LogP) is 3.62. The minimum atomic E-state index is -1.17. The van der Waals surface area contributed by atoms with Gasteiger partial charge in [0.2, 0.25) is 0 Å². The lowest BCUT2D eigenvalue weighted by molar-refractivity contribution is -0.139. The number of aromatic hydroxyl groups is 1. The molecular formula is C31H29N3O5. The van der Waals surface area contributed by atoms with Crippen molar-refractivity contribution >= 4 is 11.6 Å². The van der Waals surface area contributed by atoms with Gasteiger partial charge in [-0.05, 0) is 54.7 Å². The number of hydrogen-bond acceptors (Lipinski definition) is 5. The summed E-state index contributed by atoms with van der Waals surface area (Å²) in [6, 6.07) is 13.5. The largest absolute Gasteiger partial charge is 0.507 e. The Labute approximate surface area is 224 Å². The Morgan fingerprint density at radius 3 is 2.51 bits per heavy atom. The second-order valence-electron chi connectivity index (χ2n) is 10.8. The smallest absolute Gasteiger partial charge is 0.352 e. The molecule has 2 aliphatic carbocycles. The maximum Gasteiger partial charge on any atom is 0.352 e. The number of phenolic OH excluding ortho intramolecular Hbond substituents is 1. The van der Waals surface area contributed by atoms with Crippen molar-refractivity contribution in [2.24, 2.45) is 11.3 Å². The number of allylic oxidation sites excluding steroid dienone is 5. The van der Waals surface area contributed by atoms with E-state index in [0.29, 0.717) is 28.8 Å². The van der Waals surface area contributed by atoms with Crippen LogP contribution in [0.4, 0.5) is 0 Å². The minimum absolute atomic E-state index is 0.0496. The molecule has 0 radical (unpaired) electrons. The van der Waals surface area contributed by atoms with E-state index in [1.165, 1.54) is 15.4 Å². The normalized spacial score (nSPS) is 25.7. The molecule has 1 saturated carbocycles. The molecule has 3 aromatic rings. The highest BCUT2D eigenvalue weighted by Crippen LogP contribution is 2.60. The standard InChI is InChI=1S/C31H29N3O5/c1-4-9-19-10-8-13-22(27(19)36)26-21-14-15-32-29(38)33(20-11-6-5-7-12-20)30(39)34(32)24(21)17-23-25(35)16-18(2)28(37)31(23,26)3/h4-8,10-14,16,23-24,26,36H,1,9,15,17H2,2-3H3/t23-,24+,26+,31+/m0/s1. The summed E-state index contributed by atoms with van der Waals surface area (Å²) in [4.78, 5) is 54.7. The molecule has 0 unspecified atom stereocenters. The molecule has 8 heteroatoms. The molecule has 1 aliphatic heterocycles. The fourth-order valence-electron chi connectivity index (χ4n) is 6.96. The van der Waals surface area contributed by atoms with Crippen molar-refractivity contribution in [3.63, 3.8) is 0 Å². The highest BCUT2D eigenvalue weighted by Gasteiger charge is 2.60. The quantitative estimate of drug-likeness (QED) is 0.526. The van der Waals surface area contributed by atoms with E-state index in [4.69, 9.17) is 0 Å². The van der Waals surface area contributed by atoms with Gasteiger partial charge < -0.3 is 5.11 Å². The maximum atomic E-state index is 13.9. The molecule has 198 valence electrons. The zero-order valence-electron chi connectivity index (χ0n) is 21.8. The molecule has 8 nitrogen and oxygen atoms in total. The molecular weight excluding hydrogens is 494 g/mol. The Balaban J connectivity index is 1.61. The molecule has 3 aliphatic rings. The monoisotopic (exact) mass is 523 g/mol. The molecule has 2 heterocycles. The van der Waals surface area contributed by atoms with E-state index in [2.05, 4.69) is 6.58 Å². The van der Waals surface area contributed by atoms with Crippen LogP contribution < -0.4 is 11.4 Å². The van der Waals surface area contributed by atoms with Gasteiger partial charge in [0.25, 0.3) is 0 Å². The van der Waals surface area contributed by atoms with Crippen molar-refractivity contribution in [1.82, 2.24) is 13.9 Å². The Morgan fingerprint density at radius 2 is 1.79 bits per heavy atom. The van der Waals surface area contributed by atoms with Crippen LogP contribution in [-0.2, 0) is 22.6 Å². The van der Waals surface area contributed by atoms with Gasteiger partial charge in [0.15, 0.2) is 11.6 Å². The number of nitrogens with zero attached hydrogens (tertiary/aromatic N) is 3. The van der Waals surface area contributed by atoms with Crippen LogP contribution in [0.25, 0.3) is 5.69 Å². The zero-order valence-corrected chi connectivity index (χ0v) is 21.8. The summed E-state index contributed by atoms with van der Waals surface area (Å²) in [7, 11) is 0. The number of phenols is 1. The van der Waals surface area contributed by atoms with Crippen molar-refractivity contribution in [2.75, 3.05) is 0 Å². The van der Waals surface area contributed by atoms with Crippen LogP contribution in [0.3, 0.4) is 0 Å². The second kappa shape index (κ2) is 8.80. The first kappa shape index (κ1) is 24.9. The average Bonchev–Trinajstić information content (AvgIpc) is 3.18. The lowest BCUT2D eigenvalue weighted by Gasteiger charge is -2.52. The highest BCUT2D eigenvalue weighted by molar-refractivity contribution is 6.13. The Bertz CT molecular complexity index is 1740. The van der Waals surface area contributed by atoms with E-state index >= 15 is 0 Å². The minimum Gasteiger partial charge on any atom is -0.507 e. The topological polar surface area (TPSA) is 103 Å². The van der Waals surface area contributed by atoms with Gasteiger partial charge in [-0.15, -0.1) is 6.58 Å². The fraction of sp³-hybridized carbons (Fsp3) is 0.290. The van der Waals surface area contributed by atoms with Gasteiger partial charge in [-0.3, -0.25) is 9.59 Å². The molecule has 1 aromatic heterocycles. The Kier molecular flexibility index (Phi) is 5.61. The van der Waals surface area contributed by atoms with Crippen LogP contribution in [0.5, 0.6) is 5.75 Å². The summed E-state index contributed by atoms with van der Waals surface area (Å²) < 4.78 is 3.97. The SMILES string of the molecule is C=CCc1cccc([C@H]2C3=CCn4c(=O)n(-c5ccccc5)c(=O)n4[C@@H]3C[C@H]3C(=O)C=C(C)C(=O)[C@@]23C)c1O. The molecule has 4 atom stereocenters. The lowest BCUT2D eigenvalue weighted by atomic mass is 9.50. The van der Waals surface area contributed by atoms with Crippen molar-refractivity contribution in [3.05, 3.63) is 117 Å². The van der Waals surface area contributed by atoms with E-state index < -0.39 is 34.7 Å². The maximum absolute atomic E-state index is 13.9. The molecule has 2 aromatic carbocycles. The number of ketones is 2. The van der Waals surface area contributed by atoms with E-state index in [-0.39, 0.29) is 30.3 Å². The Hall–Kier alpha value is -4.46. The first-order valence-electron chi connectivity index (χ1n) is 13.1. The van der Waals surface area contributed by atoms with Crippen molar-refractivity contribution in [3.8, 4) is 11.4 Å². The number of Topliss-reactive ketones (excluding diaryl/α,β-unsaturated/α-hetero) is 1. The first-order chi connectivity index (χ1) is 18.7. The third-order valence-corrected chi connectivity index (χ3v) is 8.75. The molecule has 0 amide bonds. The van der Waals surface area contributed by atoms with Gasteiger partial charge in [-0.25, -0.2) is 23.5 Å².